The highest BCUT2D eigenvalue weighted by Crippen LogP contribution is 2.42. The second-order valence-corrected chi connectivity index (χ2v) is 11.9. The number of piperidine rings is 2. The molecular weight excluding hydrogens is 587 g/mol. The van der Waals surface area contributed by atoms with Gasteiger partial charge in [-0.05, 0) is 88.4 Å². The van der Waals surface area contributed by atoms with Gasteiger partial charge >= 0.3 is 6.18 Å². The highest BCUT2D eigenvalue weighted by atomic mass is 35.5. The average molecular weight is 622 g/mol. The van der Waals surface area contributed by atoms with Gasteiger partial charge < -0.3 is 20.0 Å². The summed E-state index contributed by atoms with van der Waals surface area (Å²) < 4.78 is 55.9. The maximum absolute atomic E-state index is 14.0. The minimum absolute atomic E-state index is 0.0668. The number of hydrogen-bond donors (Lipinski definition) is 2. The summed E-state index contributed by atoms with van der Waals surface area (Å²) >= 11 is 12.0. The predicted octanol–water partition coefficient (Wildman–Crippen LogP) is 5.38. The first kappa shape index (κ1) is 31.7. The second-order valence-electron chi connectivity index (χ2n) is 11.2. The standard InChI is InChI=1S/C28H34Cl2F4N4O3/c1-36(2)25(39)22-3-4-23(35-24(22)30)37-9-5-17(6-10-37)13-18-7-11-38(12-8-18)26(40)27(41,28(32,33)34)19-14-20(29)16-21(31)15-19/h3-4,14-18,25,39,41H,5-13H2,1-2H3. The molecule has 2 aliphatic heterocycles. The maximum Gasteiger partial charge on any atom is 0.430 e. The Morgan fingerprint density at radius 3 is 2.15 bits per heavy atom. The lowest BCUT2D eigenvalue weighted by Crippen LogP contribution is -2.57. The zero-order valence-corrected chi connectivity index (χ0v) is 24.4. The number of carbonyl (C=O) groups excluding carboxylic acids is 1. The van der Waals surface area contributed by atoms with E-state index in [1.54, 1.807) is 25.1 Å². The van der Waals surface area contributed by atoms with Gasteiger partial charge in [-0.2, -0.15) is 13.2 Å². The topological polar surface area (TPSA) is 80.1 Å². The number of aliphatic hydroxyl groups excluding tert-OH is 1. The summed E-state index contributed by atoms with van der Waals surface area (Å²) in [6.45, 7) is 1.68. The van der Waals surface area contributed by atoms with Crippen molar-refractivity contribution < 1.29 is 32.6 Å². The van der Waals surface area contributed by atoms with E-state index in [9.17, 15) is 32.6 Å². The quantitative estimate of drug-likeness (QED) is 0.246. The van der Waals surface area contributed by atoms with Crippen LogP contribution in [0.4, 0.5) is 23.4 Å². The molecule has 2 atom stereocenters. The Bertz CT molecular complexity index is 1220. The number of halogens is 6. The van der Waals surface area contributed by atoms with Crippen LogP contribution in [0.3, 0.4) is 0 Å². The number of aliphatic hydroxyl groups is 2. The smallest absolute Gasteiger partial charge is 0.374 e. The molecule has 41 heavy (non-hydrogen) atoms. The third-order valence-corrected chi connectivity index (χ3v) is 8.66. The number of likely N-dealkylation sites (tertiary alicyclic amines) is 1. The first-order valence-electron chi connectivity index (χ1n) is 13.5. The van der Waals surface area contributed by atoms with E-state index in [0.29, 0.717) is 30.4 Å². The lowest BCUT2D eigenvalue weighted by Gasteiger charge is -2.40. The summed E-state index contributed by atoms with van der Waals surface area (Å²) in [5, 5.41) is 20.8. The summed E-state index contributed by atoms with van der Waals surface area (Å²) in [5.74, 6) is -1.20. The Hall–Kier alpha value is -2.18. The van der Waals surface area contributed by atoms with Crippen LogP contribution in [0.1, 0.15) is 49.5 Å². The Kier molecular flexibility index (Phi) is 9.75. The molecule has 0 aliphatic carbocycles. The Morgan fingerprint density at radius 1 is 1.05 bits per heavy atom. The first-order valence-corrected chi connectivity index (χ1v) is 14.3. The van der Waals surface area contributed by atoms with Crippen molar-refractivity contribution in [3.8, 4) is 0 Å². The van der Waals surface area contributed by atoms with E-state index in [0.717, 1.165) is 55.2 Å². The number of aromatic nitrogens is 1. The maximum atomic E-state index is 14.0. The van der Waals surface area contributed by atoms with Crippen molar-refractivity contribution in [3.05, 3.63) is 57.5 Å². The van der Waals surface area contributed by atoms with Crippen LogP contribution < -0.4 is 4.90 Å². The normalized spacial score (nSPS) is 19.9. The molecule has 1 aromatic carbocycles. The molecule has 2 aliphatic rings. The van der Waals surface area contributed by atoms with Crippen molar-refractivity contribution in [2.45, 2.75) is 50.1 Å². The molecule has 0 spiro atoms. The van der Waals surface area contributed by atoms with E-state index in [4.69, 9.17) is 23.2 Å². The second kappa shape index (κ2) is 12.6. The zero-order chi connectivity index (χ0) is 30.1. The number of pyridine rings is 1. The van der Waals surface area contributed by atoms with Gasteiger partial charge in [0, 0.05) is 42.3 Å². The van der Waals surface area contributed by atoms with Crippen LogP contribution in [0.25, 0.3) is 0 Å². The van der Waals surface area contributed by atoms with Crippen LogP contribution in [0, 0.1) is 17.7 Å². The molecule has 226 valence electrons. The average Bonchev–Trinajstić information content (AvgIpc) is 2.91. The summed E-state index contributed by atoms with van der Waals surface area (Å²) in [7, 11) is 3.49. The van der Waals surface area contributed by atoms with Crippen molar-refractivity contribution in [1.29, 1.82) is 0 Å². The fourth-order valence-electron chi connectivity index (χ4n) is 5.72. The molecule has 0 bridgehead atoms. The van der Waals surface area contributed by atoms with Crippen LogP contribution in [-0.2, 0) is 10.4 Å². The number of hydrogen-bond acceptors (Lipinski definition) is 6. The molecule has 1 amide bonds. The molecule has 3 heterocycles. The highest BCUT2D eigenvalue weighted by Gasteiger charge is 2.62. The minimum atomic E-state index is -5.36. The van der Waals surface area contributed by atoms with Crippen LogP contribution >= 0.6 is 23.2 Å². The van der Waals surface area contributed by atoms with Gasteiger partial charge in [-0.3, -0.25) is 9.69 Å². The third kappa shape index (κ3) is 6.91. The molecule has 0 radical (unpaired) electrons. The summed E-state index contributed by atoms with van der Waals surface area (Å²) in [4.78, 5) is 22.3. The van der Waals surface area contributed by atoms with Gasteiger partial charge in [0.25, 0.3) is 11.5 Å². The summed E-state index contributed by atoms with van der Waals surface area (Å²) in [5.41, 5.74) is -4.29. The Morgan fingerprint density at radius 2 is 1.63 bits per heavy atom. The highest BCUT2D eigenvalue weighted by molar-refractivity contribution is 6.30. The van der Waals surface area contributed by atoms with Crippen molar-refractivity contribution >= 4 is 34.9 Å². The molecule has 2 unspecified atom stereocenters. The van der Waals surface area contributed by atoms with Gasteiger partial charge in [0.2, 0.25) is 0 Å². The van der Waals surface area contributed by atoms with Crippen LogP contribution in [-0.4, -0.2) is 77.4 Å². The number of benzene rings is 1. The van der Waals surface area contributed by atoms with Gasteiger partial charge in [-0.1, -0.05) is 23.2 Å². The number of amides is 1. The SMILES string of the molecule is CN(C)C(O)c1ccc(N2CCC(CC3CCN(C(=O)C(O)(c4cc(F)cc(Cl)c4)C(F)(F)F)CC3)CC2)nc1Cl. The number of anilines is 1. The first-order chi connectivity index (χ1) is 19.2. The van der Waals surface area contributed by atoms with Crippen molar-refractivity contribution in [3.63, 3.8) is 0 Å². The van der Waals surface area contributed by atoms with Crippen molar-refractivity contribution in [1.82, 2.24) is 14.8 Å². The Labute approximate surface area is 246 Å². The van der Waals surface area contributed by atoms with E-state index >= 15 is 0 Å². The van der Waals surface area contributed by atoms with Gasteiger partial charge in [0.1, 0.15) is 23.0 Å². The number of nitrogens with zero attached hydrogens (tertiary/aromatic N) is 4. The largest absolute Gasteiger partial charge is 0.430 e. The molecule has 2 N–H and O–H groups in total. The predicted molar refractivity (Wildman–Crippen MR) is 148 cm³/mol. The lowest BCUT2D eigenvalue weighted by molar-refractivity contribution is -0.262. The molecule has 0 saturated carbocycles. The molecule has 2 saturated heterocycles. The minimum Gasteiger partial charge on any atom is -0.374 e. The molecule has 4 rings (SSSR count). The molecule has 2 fully saturated rings. The van der Waals surface area contributed by atoms with E-state index < -0.39 is 35.3 Å². The number of carbonyl (C=O) groups is 1. The van der Waals surface area contributed by atoms with Gasteiger partial charge in [0.05, 0.1) is 0 Å². The zero-order valence-electron chi connectivity index (χ0n) is 22.8. The number of alkyl halides is 3. The van der Waals surface area contributed by atoms with Crippen molar-refractivity contribution in [2.75, 3.05) is 45.2 Å². The van der Waals surface area contributed by atoms with E-state index in [1.165, 1.54) is 0 Å². The lowest BCUT2D eigenvalue weighted by atomic mass is 9.82. The molecule has 2 aromatic rings. The van der Waals surface area contributed by atoms with Gasteiger partial charge in [-0.25, -0.2) is 9.37 Å². The summed E-state index contributed by atoms with van der Waals surface area (Å²) in [6, 6.07) is 5.68. The Balaban J connectivity index is 1.31. The van der Waals surface area contributed by atoms with Crippen molar-refractivity contribution in [2.24, 2.45) is 11.8 Å². The monoisotopic (exact) mass is 620 g/mol. The molecule has 13 heteroatoms. The van der Waals surface area contributed by atoms with Crippen LogP contribution in [0.2, 0.25) is 10.2 Å². The van der Waals surface area contributed by atoms with E-state index in [1.807, 2.05) is 6.07 Å². The molecule has 7 nitrogen and oxygen atoms in total. The fourth-order valence-corrected chi connectivity index (χ4v) is 6.19. The summed E-state index contributed by atoms with van der Waals surface area (Å²) in [6.07, 6.45) is -2.48. The van der Waals surface area contributed by atoms with Gasteiger partial charge in [0.15, 0.2) is 0 Å². The molecule has 1 aromatic heterocycles. The fraction of sp³-hybridized carbons (Fsp3) is 0.571. The van der Waals surface area contributed by atoms with E-state index in [2.05, 4.69) is 9.88 Å². The number of rotatable bonds is 7. The van der Waals surface area contributed by atoms with Crippen LogP contribution in [0.5, 0.6) is 0 Å². The van der Waals surface area contributed by atoms with E-state index in [-0.39, 0.29) is 29.2 Å². The van der Waals surface area contributed by atoms with Gasteiger partial charge in [-0.15, -0.1) is 0 Å². The van der Waals surface area contributed by atoms with Crippen LogP contribution in [0.15, 0.2) is 30.3 Å². The molecular formula is C28H34Cl2F4N4O3. The third-order valence-electron chi connectivity index (χ3n) is 8.14.